The van der Waals surface area contributed by atoms with Gasteiger partial charge in [-0.2, -0.15) is 0 Å². The smallest absolute Gasteiger partial charge is 0.243 e. The quantitative estimate of drug-likeness (QED) is 0.389. The van der Waals surface area contributed by atoms with Crippen molar-refractivity contribution >= 4 is 45.8 Å². The fourth-order valence-electron chi connectivity index (χ4n) is 3.86. The molecule has 1 fully saturated rings. The molecule has 1 aliphatic carbocycles. The maximum atomic E-state index is 14.1. The minimum atomic E-state index is -0.573. The molecule has 0 spiro atoms. The number of nitrogens with two attached hydrogens (primary N) is 1. The van der Waals surface area contributed by atoms with Crippen molar-refractivity contribution in [3.8, 4) is 0 Å². The number of Topliss-reactive ketones (excluding diaryl/α,β-unsaturated/α-hetero) is 1. The number of aromatic nitrogens is 1. The number of amides is 2. The van der Waals surface area contributed by atoms with Crippen molar-refractivity contribution in [2.45, 2.75) is 38.9 Å². The summed E-state index contributed by atoms with van der Waals surface area (Å²) < 4.78 is 15.8. The molecule has 172 valence electrons. The van der Waals surface area contributed by atoms with Gasteiger partial charge in [-0.25, -0.2) is 4.39 Å². The van der Waals surface area contributed by atoms with Crippen LogP contribution in [-0.2, 0) is 22.7 Å². The first-order valence-electron chi connectivity index (χ1n) is 10.6. The van der Waals surface area contributed by atoms with Gasteiger partial charge in [0.15, 0.2) is 5.78 Å². The van der Waals surface area contributed by atoms with Crippen LogP contribution in [0.15, 0.2) is 42.6 Å². The highest BCUT2D eigenvalue weighted by Crippen LogP contribution is 2.28. The zero-order valence-corrected chi connectivity index (χ0v) is 18.9. The molecular formula is C24H24ClFN4O3. The summed E-state index contributed by atoms with van der Waals surface area (Å²) in [6.45, 7) is 1.30. The molecule has 2 aromatic carbocycles. The van der Waals surface area contributed by atoms with Crippen LogP contribution in [0.1, 0.15) is 35.7 Å². The van der Waals surface area contributed by atoms with Gasteiger partial charge >= 0.3 is 0 Å². The van der Waals surface area contributed by atoms with Gasteiger partial charge in [-0.15, -0.1) is 0 Å². The molecule has 1 aliphatic rings. The number of fused-ring (bicyclic) bond motifs is 1. The molecular weight excluding hydrogens is 447 g/mol. The molecule has 3 N–H and O–H groups in total. The lowest BCUT2D eigenvalue weighted by Crippen LogP contribution is -2.43. The Balaban J connectivity index is 1.47. The van der Waals surface area contributed by atoms with E-state index in [1.54, 1.807) is 46.0 Å². The fraction of sp³-hybridized carbons (Fsp3) is 0.292. The summed E-state index contributed by atoms with van der Waals surface area (Å²) in [5.41, 5.74) is 7.89. The second kappa shape index (κ2) is 9.23. The number of anilines is 1. The number of hydrogen-bond acceptors (Lipinski definition) is 4. The van der Waals surface area contributed by atoms with E-state index in [9.17, 15) is 18.8 Å². The number of nitrogens with zero attached hydrogens (tertiary/aromatic N) is 2. The number of rotatable bonds is 8. The molecule has 3 aromatic rings. The van der Waals surface area contributed by atoms with Gasteiger partial charge in [0.1, 0.15) is 12.4 Å². The Morgan fingerprint density at radius 2 is 2.00 bits per heavy atom. The number of ketones is 1. The Hall–Kier alpha value is -3.39. The molecule has 2 amide bonds. The predicted molar refractivity (Wildman–Crippen MR) is 124 cm³/mol. The van der Waals surface area contributed by atoms with Crippen molar-refractivity contribution in [1.29, 1.82) is 0 Å². The lowest BCUT2D eigenvalue weighted by atomic mass is 10.1. The van der Waals surface area contributed by atoms with E-state index < -0.39 is 5.82 Å². The van der Waals surface area contributed by atoms with Crippen LogP contribution in [0.3, 0.4) is 0 Å². The third-order valence-electron chi connectivity index (χ3n) is 5.72. The van der Waals surface area contributed by atoms with E-state index in [2.05, 4.69) is 5.32 Å². The highest BCUT2D eigenvalue weighted by atomic mass is 35.5. The molecule has 1 heterocycles. The molecule has 0 atom stereocenters. The Bertz CT molecular complexity index is 1250. The average Bonchev–Trinajstić information content (AvgIpc) is 3.55. The SMILES string of the molecule is CC(=O)c1cn(CC(=O)N(CC(=O)NCc2cccc(Cl)c2F)C2CC2)c2ccc(N)cc12. The van der Waals surface area contributed by atoms with Crippen LogP contribution in [-0.4, -0.2) is 39.7 Å². The summed E-state index contributed by atoms with van der Waals surface area (Å²) in [6, 6.07) is 9.79. The number of carbonyl (C=O) groups is 3. The van der Waals surface area contributed by atoms with Crippen LogP contribution in [0.5, 0.6) is 0 Å². The maximum absolute atomic E-state index is 14.1. The summed E-state index contributed by atoms with van der Waals surface area (Å²) in [5, 5.41) is 3.33. The van der Waals surface area contributed by atoms with E-state index in [-0.39, 0.29) is 53.9 Å². The standard InChI is InChI=1S/C24H24ClFN4O3/c1-14(31)19-11-29(21-8-5-16(27)9-18(19)21)13-23(33)30(17-6-7-17)12-22(32)28-10-15-3-2-4-20(25)24(15)26/h2-5,8-9,11,17H,6-7,10,12-13,27H2,1H3,(H,28,32). The van der Waals surface area contributed by atoms with Crippen molar-refractivity contribution in [3.63, 3.8) is 0 Å². The summed E-state index contributed by atoms with van der Waals surface area (Å²) in [6.07, 6.45) is 3.30. The lowest BCUT2D eigenvalue weighted by molar-refractivity contribution is -0.137. The predicted octanol–water partition coefficient (Wildman–Crippen LogP) is 3.53. The normalized spacial score (nSPS) is 13.2. The van der Waals surface area contributed by atoms with E-state index in [0.717, 1.165) is 18.4 Å². The monoisotopic (exact) mass is 470 g/mol. The molecule has 9 heteroatoms. The Morgan fingerprint density at radius 3 is 2.70 bits per heavy atom. The third-order valence-corrected chi connectivity index (χ3v) is 6.01. The van der Waals surface area contributed by atoms with Crippen LogP contribution in [0.4, 0.5) is 10.1 Å². The van der Waals surface area contributed by atoms with Crippen molar-refractivity contribution in [2.24, 2.45) is 0 Å². The van der Waals surface area contributed by atoms with E-state index in [1.807, 2.05) is 0 Å². The largest absolute Gasteiger partial charge is 0.399 e. The van der Waals surface area contributed by atoms with E-state index in [0.29, 0.717) is 16.6 Å². The molecule has 0 bridgehead atoms. The van der Waals surface area contributed by atoms with Gasteiger partial charge in [0, 0.05) is 46.5 Å². The maximum Gasteiger partial charge on any atom is 0.243 e. The zero-order valence-electron chi connectivity index (χ0n) is 18.1. The highest BCUT2D eigenvalue weighted by molar-refractivity contribution is 6.30. The first-order chi connectivity index (χ1) is 15.7. The van der Waals surface area contributed by atoms with Gasteiger partial charge < -0.3 is 20.5 Å². The van der Waals surface area contributed by atoms with Gasteiger partial charge in [0.25, 0.3) is 0 Å². The Labute approximate surface area is 195 Å². The summed E-state index contributed by atoms with van der Waals surface area (Å²) in [7, 11) is 0. The number of benzene rings is 2. The Kier molecular flexibility index (Phi) is 6.37. The first-order valence-corrected chi connectivity index (χ1v) is 11.0. The van der Waals surface area contributed by atoms with Crippen LogP contribution in [0.25, 0.3) is 10.9 Å². The van der Waals surface area contributed by atoms with Gasteiger partial charge in [0.05, 0.1) is 11.6 Å². The molecule has 0 aliphatic heterocycles. The summed E-state index contributed by atoms with van der Waals surface area (Å²) >= 11 is 5.78. The number of nitrogens with one attached hydrogen (secondary N) is 1. The van der Waals surface area contributed by atoms with Gasteiger partial charge in [-0.1, -0.05) is 23.7 Å². The number of hydrogen-bond donors (Lipinski definition) is 2. The van der Waals surface area contributed by atoms with E-state index >= 15 is 0 Å². The summed E-state index contributed by atoms with van der Waals surface area (Å²) in [5.74, 6) is -1.31. The second-order valence-electron chi connectivity index (χ2n) is 8.25. The van der Waals surface area contributed by atoms with Crippen molar-refractivity contribution in [2.75, 3.05) is 12.3 Å². The third kappa shape index (κ3) is 5.01. The molecule has 0 saturated heterocycles. The van der Waals surface area contributed by atoms with Crippen LogP contribution in [0, 0.1) is 5.82 Å². The lowest BCUT2D eigenvalue weighted by Gasteiger charge is -2.22. The minimum Gasteiger partial charge on any atom is -0.399 e. The Morgan fingerprint density at radius 1 is 1.24 bits per heavy atom. The minimum absolute atomic E-state index is 0.00379. The first kappa shape index (κ1) is 22.8. The van der Waals surface area contributed by atoms with Gasteiger partial charge in [0.2, 0.25) is 11.8 Å². The molecule has 1 saturated carbocycles. The van der Waals surface area contributed by atoms with Crippen molar-refractivity contribution in [1.82, 2.24) is 14.8 Å². The van der Waals surface area contributed by atoms with E-state index in [4.69, 9.17) is 17.3 Å². The molecule has 7 nitrogen and oxygen atoms in total. The number of nitrogen functional groups attached to an aromatic ring is 1. The number of carbonyl (C=O) groups excluding carboxylic acids is 3. The second-order valence-corrected chi connectivity index (χ2v) is 8.65. The van der Waals surface area contributed by atoms with Crippen molar-refractivity contribution in [3.05, 3.63) is 64.6 Å². The highest BCUT2D eigenvalue weighted by Gasteiger charge is 2.34. The molecule has 1 aromatic heterocycles. The fourth-order valence-corrected chi connectivity index (χ4v) is 4.05. The average molecular weight is 471 g/mol. The van der Waals surface area contributed by atoms with Gasteiger partial charge in [-0.3, -0.25) is 14.4 Å². The molecule has 33 heavy (non-hydrogen) atoms. The zero-order chi connectivity index (χ0) is 23.7. The van der Waals surface area contributed by atoms with Crippen LogP contribution >= 0.6 is 11.6 Å². The van der Waals surface area contributed by atoms with Crippen molar-refractivity contribution < 1.29 is 18.8 Å². The van der Waals surface area contributed by atoms with Crippen LogP contribution in [0.2, 0.25) is 5.02 Å². The molecule has 0 unspecified atom stereocenters. The van der Waals surface area contributed by atoms with E-state index in [1.165, 1.54) is 13.0 Å². The molecule has 4 rings (SSSR count). The van der Waals surface area contributed by atoms with Gasteiger partial charge in [-0.05, 0) is 44.0 Å². The topological polar surface area (TPSA) is 97.4 Å². The summed E-state index contributed by atoms with van der Waals surface area (Å²) in [4.78, 5) is 39.3. The van der Waals surface area contributed by atoms with Crippen LogP contribution < -0.4 is 11.1 Å². The molecule has 0 radical (unpaired) electrons. The number of halogens is 2.